The average Bonchev–Trinajstić information content (AvgIpc) is 2.75. The number of aryl methyl sites for hydroxylation is 1. The van der Waals surface area contributed by atoms with Crippen LogP contribution in [0, 0.1) is 12.9 Å². The molecule has 2 heterocycles. The fourth-order valence-corrected chi connectivity index (χ4v) is 2.36. The van der Waals surface area contributed by atoms with E-state index in [2.05, 4.69) is 9.97 Å². The van der Waals surface area contributed by atoms with Gasteiger partial charge in [0.15, 0.2) is 0 Å². The number of rotatable bonds is 3. The van der Waals surface area contributed by atoms with Crippen molar-refractivity contribution in [2.75, 3.05) is 7.05 Å². The number of hydrogen-bond acceptors (Lipinski definition) is 4. The highest BCUT2D eigenvalue weighted by Crippen LogP contribution is 2.14. The van der Waals surface area contributed by atoms with E-state index in [-0.39, 0.29) is 5.91 Å². The van der Waals surface area contributed by atoms with E-state index in [1.165, 1.54) is 18.3 Å². The van der Waals surface area contributed by atoms with E-state index in [1.54, 1.807) is 29.5 Å². The summed E-state index contributed by atoms with van der Waals surface area (Å²) in [5, 5.41) is 0.967. The summed E-state index contributed by atoms with van der Waals surface area (Å²) in [5.74, 6) is -0.777. The Morgan fingerprint density at radius 1 is 1.39 bits per heavy atom. The molecule has 94 valence electrons. The smallest absolute Gasteiger partial charge is 0.255 e. The van der Waals surface area contributed by atoms with E-state index in [1.807, 2.05) is 6.92 Å². The topological polar surface area (TPSA) is 46.1 Å². The molecule has 0 aliphatic carbocycles. The zero-order valence-corrected chi connectivity index (χ0v) is 10.9. The van der Waals surface area contributed by atoms with Crippen LogP contribution in [-0.4, -0.2) is 27.8 Å². The zero-order chi connectivity index (χ0) is 13.1. The van der Waals surface area contributed by atoms with Gasteiger partial charge in [0.05, 0.1) is 17.1 Å². The highest BCUT2D eigenvalue weighted by molar-refractivity contribution is 7.11. The van der Waals surface area contributed by atoms with Crippen LogP contribution in [0.2, 0.25) is 0 Å². The van der Waals surface area contributed by atoms with Crippen molar-refractivity contribution in [3.8, 4) is 0 Å². The number of amides is 1. The molecule has 0 aromatic carbocycles. The van der Waals surface area contributed by atoms with Gasteiger partial charge in [-0.1, -0.05) is 0 Å². The predicted molar refractivity (Wildman–Crippen MR) is 66.8 cm³/mol. The maximum Gasteiger partial charge on any atom is 0.255 e. The summed E-state index contributed by atoms with van der Waals surface area (Å²) in [4.78, 5) is 22.2. The second-order valence-electron chi connectivity index (χ2n) is 3.88. The van der Waals surface area contributed by atoms with Crippen LogP contribution in [0.3, 0.4) is 0 Å². The number of carbonyl (C=O) groups excluding carboxylic acids is 1. The lowest BCUT2D eigenvalue weighted by Crippen LogP contribution is -2.25. The van der Waals surface area contributed by atoms with Gasteiger partial charge in [-0.25, -0.2) is 9.97 Å². The lowest BCUT2D eigenvalue weighted by atomic mass is 10.2. The second kappa shape index (κ2) is 5.22. The molecule has 1 amide bonds. The van der Waals surface area contributed by atoms with Gasteiger partial charge >= 0.3 is 0 Å². The number of thiazole rings is 1. The molecule has 4 nitrogen and oxygen atoms in total. The molecule has 0 bridgehead atoms. The van der Waals surface area contributed by atoms with Crippen molar-refractivity contribution >= 4 is 17.2 Å². The van der Waals surface area contributed by atoms with Crippen molar-refractivity contribution in [3.63, 3.8) is 0 Å². The van der Waals surface area contributed by atoms with Crippen LogP contribution in [0.5, 0.6) is 0 Å². The predicted octanol–water partition coefficient (Wildman–Crippen LogP) is 2.26. The fraction of sp³-hybridized carbons (Fsp3) is 0.250. The molecule has 0 spiro atoms. The van der Waals surface area contributed by atoms with Crippen LogP contribution < -0.4 is 0 Å². The van der Waals surface area contributed by atoms with Gasteiger partial charge in [0, 0.05) is 24.3 Å². The van der Waals surface area contributed by atoms with E-state index in [0.717, 1.165) is 9.88 Å². The molecular formula is C12H12FN3OS. The summed E-state index contributed by atoms with van der Waals surface area (Å²) < 4.78 is 12.7. The molecule has 0 saturated carbocycles. The largest absolute Gasteiger partial charge is 0.336 e. The summed E-state index contributed by atoms with van der Waals surface area (Å²) in [6.45, 7) is 2.40. The standard InChI is InChI=1S/C12H12FN3OS/c1-8-14-6-10(18-8)7-16(2)12(17)9-3-4-11(13)15-5-9/h3-6H,7H2,1-2H3. The van der Waals surface area contributed by atoms with E-state index in [9.17, 15) is 9.18 Å². The number of nitrogens with zero attached hydrogens (tertiary/aromatic N) is 3. The van der Waals surface area contributed by atoms with Crippen molar-refractivity contribution in [1.29, 1.82) is 0 Å². The van der Waals surface area contributed by atoms with E-state index >= 15 is 0 Å². The third-order valence-corrected chi connectivity index (χ3v) is 3.28. The monoisotopic (exact) mass is 265 g/mol. The average molecular weight is 265 g/mol. The first-order valence-electron chi connectivity index (χ1n) is 5.34. The molecule has 0 fully saturated rings. The molecule has 6 heteroatoms. The molecule has 0 N–H and O–H groups in total. The maximum absolute atomic E-state index is 12.7. The highest BCUT2D eigenvalue weighted by atomic mass is 32.1. The molecule has 0 atom stereocenters. The van der Waals surface area contributed by atoms with Crippen LogP contribution in [0.1, 0.15) is 20.2 Å². The van der Waals surface area contributed by atoms with Crippen LogP contribution >= 0.6 is 11.3 Å². The Labute approximate surface area is 108 Å². The van der Waals surface area contributed by atoms with E-state index in [4.69, 9.17) is 0 Å². The first-order chi connectivity index (χ1) is 8.56. The minimum Gasteiger partial charge on any atom is -0.336 e. The molecule has 0 saturated heterocycles. The Morgan fingerprint density at radius 3 is 2.72 bits per heavy atom. The van der Waals surface area contributed by atoms with Gasteiger partial charge < -0.3 is 4.90 Å². The van der Waals surface area contributed by atoms with Gasteiger partial charge in [0.25, 0.3) is 5.91 Å². The van der Waals surface area contributed by atoms with Crippen LogP contribution in [0.4, 0.5) is 4.39 Å². The number of halogens is 1. The lowest BCUT2D eigenvalue weighted by Gasteiger charge is -2.15. The molecule has 2 aromatic heterocycles. The second-order valence-corrected chi connectivity index (χ2v) is 5.20. The minimum absolute atomic E-state index is 0.187. The fourth-order valence-electron chi connectivity index (χ4n) is 1.51. The molecule has 2 rings (SSSR count). The zero-order valence-electron chi connectivity index (χ0n) is 10.1. The Balaban J connectivity index is 2.07. The third-order valence-electron chi connectivity index (χ3n) is 2.38. The third kappa shape index (κ3) is 2.89. The van der Waals surface area contributed by atoms with Gasteiger partial charge in [-0.3, -0.25) is 4.79 Å². The quantitative estimate of drug-likeness (QED) is 0.800. The maximum atomic E-state index is 12.7. The minimum atomic E-state index is -0.590. The van der Waals surface area contributed by atoms with Crippen molar-refractivity contribution in [1.82, 2.24) is 14.9 Å². The number of aromatic nitrogens is 2. The summed E-state index contributed by atoms with van der Waals surface area (Å²) in [6.07, 6.45) is 3.00. The Kier molecular flexibility index (Phi) is 3.66. The molecule has 18 heavy (non-hydrogen) atoms. The Morgan fingerprint density at radius 2 is 2.17 bits per heavy atom. The first-order valence-corrected chi connectivity index (χ1v) is 6.16. The Bertz CT molecular complexity index is 553. The Hall–Kier alpha value is -1.82. The van der Waals surface area contributed by atoms with Crippen molar-refractivity contribution in [2.45, 2.75) is 13.5 Å². The molecule has 2 aromatic rings. The number of carbonyl (C=O) groups is 1. The van der Waals surface area contributed by atoms with Crippen LogP contribution in [0.25, 0.3) is 0 Å². The van der Waals surface area contributed by atoms with Crippen LogP contribution in [-0.2, 0) is 6.54 Å². The molecular weight excluding hydrogens is 253 g/mol. The molecule has 0 aliphatic rings. The summed E-state index contributed by atoms with van der Waals surface area (Å²) in [5.41, 5.74) is 0.375. The SMILES string of the molecule is Cc1ncc(CN(C)C(=O)c2ccc(F)nc2)s1. The van der Waals surface area contributed by atoms with Gasteiger partial charge in [0.2, 0.25) is 5.95 Å². The number of hydrogen-bond donors (Lipinski definition) is 0. The van der Waals surface area contributed by atoms with E-state index < -0.39 is 5.95 Å². The number of pyridine rings is 1. The summed E-state index contributed by atoms with van der Waals surface area (Å²) >= 11 is 1.55. The van der Waals surface area contributed by atoms with Gasteiger partial charge in [-0.15, -0.1) is 11.3 Å². The molecule has 0 aliphatic heterocycles. The summed E-state index contributed by atoms with van der Waals surface area (Å²) in [6, 6.07) is 2.61. The van der Waals surface area contributed by atoms with E-state index in [0.29, 0.717) is 12.1 Å². The first kappa shape index (κ1) is 12.6. The van der Waals surface area contributed by atoms with Gasteiger partial charge in [0.1, 0.15) is 0 Å². The van der Waals surface area contributed by atoms with Crippen LogP contribution in [0.15, 0.2) is 24.5 Å². The molecule has 0 radical (unpaired) electrons. The van der Waals surface area contributed by atoms with Gasteiger partial charge in [-0.2, -0.15) is 4.39 Å². The summed E-state index contributed by atoms with van der Waals surface area (Å²) in [7, 11) is 1.70. The molecule has 0 unspecified atom stereocenters. The van der Waals surface area contributed by atoms with Gasteiger partial charge in [-0.05, 0) is 19.1 Å². The van der Waals surface area contributed by atoms with Crippen molar-refractivity contribution < 1.29 is 9.18 Å². The van der Waals surface area contributed by atoms with Crippen molar-refractivity contribution in [2.24, 2.45) is 0 Å². The highest BCUT2D eigenvalue weighted by Gasteiger charge is 2.13. The van der Waals surface area contributed by atoms with Crippen molar-refractivity contribution in [3.05, 3.63) is 45.9 Å². The lowest BCUT2D eigenvalue weighted by molar-refractivity contribution is 0.0786. The normalized spacial score (nSPS) is 10.4.